The fourth-order valence-corrected chi connectivity index (χ4v) is 1.89. The molecule has 2 aromatic rings. The van der Waals surface area contributed by atoms with E-state index < -0.39 is 0 Å². The third-order valence-corrected chi connectivity index (χ3v) is 3.04. The van der Waals surface area contributed by atoms with E-state index in [4.69, 9.17) is 5.73 Å². The lowest BCUT2D eigenvalue weighted by Crippen LogP contribution is -2.15. The number of para-hydroxylation sites is 1. The van der Waals surface area contributed by atoms with Crippen molar-refractivity contribution < 1.29 is 4.79 Å². The van der Waals surface area contributed by atoms with Crippen LogP contribution in [0.4, 0.5) is 11.4 Å². The molecule has 0 saturated heterocycles. The van der Waals surface area contributed by atoms with Gasteiger partial charge in [-0.1, -0.05) is 12.1 Å². The van der Waals surface area contributed by atoms with Crippen LogP contribution in [0.1, 0.15) is 27.3 Å². The monoisotopic (exact) mass is 255 g/mol. The van der Waals surface area contributed by atoms with E-state index in [1.807, 2.05) is 45.0 Å². The van der Waals surface area contributed by atoms with E-state index in [2.05, 4.69) is 10.3 Å². The van der Waals surface area contributed by atoms with Gasteiger partial charge in [0.1, 0.15) is 0 Å². The summed E-state index contributed by atoms with van der Waals surface area (Å²) >= 11 is 0. The first-order valence-electron chi connectivity index (χ1n) is 6.09. The quantitative estimate of drug-likeness (QED) is 0.811. The van der Waals surface area contributed by atoms with Crippen LogP contribution in [-0.2, 0) is 0 Å². The number of anilines is 2. The van der Waals surface area contributed by atoms with Crippen LogP contribution in [0.5, 0.6) is 0 Å². The predicted octanol–water partition coefficient (Wildman–Crippen LogP) is 2.84. The Labute approximate surface area is 112 Å². The number of rotatable bonds is 2. The summed E-state index contributed by atoms with van der Waals surface area (Å²) in [6, 6.07) is 9.13. The van der Waals surface area contributed by atoms with E-state index in [0.29, 0.717) is 16.9 Å². The van der Waals surface area contributed by atoms with Crippen molar-refractivity contribution in [3.05, 3.63) is 52.8 Å². The van der Waals surface area contributed by atoms with Crippen LogP contribution >= 0.6 is 0 Å². The van der Waals surface area contributed by atoms with Crippen LogP contribution in [0.2, 0.25) is 0 Å². The highest BCUT2D eigenvalue weighted by Crippen LogP contribution is 2.19. The Morgan fingerprint density at radius 2 is 1.89 bits per heavy atom. The number of aryl methyl sites for hydroxylation is 3. The van der Waals surface area contributed by atoms with Crippen molar-refractivity contribution in [3.63, 3.8) is 0 Å². The first-order chi connectivity index (χ1) is 8.99. The molecular weight excluding hydrogens is 238 g/mol. The van der Waals surface area contributed by atoms with Gasteiger partial charge in [-0.2, -0.15) is 0 Å². The number of carbonyl (C=O) groups is 1. The number of aromatic nitrogens is 1. The molecule has 2 rings (SSSR count). The molecule has 0 spiro atoms. The highest BCUT2D eigenvalue weighted by molar-refractivity contribution is 6.08. The van der Waals surface area contributed by atoms with Gasteiger partial charge in [0, 0.05) is 11.4 Å². The predicted molar refractivity (Wildman–Crippen MR) is 77.3 cm³/mol. The second kappa shape index (κ2) is 5.10. The lowest BCUT2D eigenvalue weighted by Gasteiger charge is -2.11. The second-order valence-corrected chi connectivity index (χ2v) is 4.58. The van der Waals surface area contributed by atoms with Gasteiger partial charge in [-0.3, -0.25) is 9.78 Å². The Morgan fingerprint density at radius 1 is 1.16 bits per heavy atom. The molecule has 0 saturated carbocycles. The maximum atomic E-state index is 12.2. The first kappa shape index (κ1) is 13.1. The second-order valence-electron chi connectivity index (χ2n) is 4.58. The number of pyridine rings is 1. The molecule has 0 unspecified atom stereocenters. The van der Waals surface area contributed by atoms with Crippen molar-refractivity contribution in [2.75, 3.05) is 11.1 Å². The molecule has 1 aromatic heterocycles. The van der Waals surface area contributed by atoms with Crippen molar-refractivity contribution in [3.8, 4) is 0 Å². The molecule has 0 aliphatic rings. The smallest absolute Gasteiger partial charge is 0.257 e. The Balaban J connectivity index is 2.28. The van der Waals surface area contributed by atoms with Crippen molar-refractivity contribution in [1.82, 2.24) is 4.98 Å². The number of amides is 1. The third kappa shape index (κ3) is 2.73. The van der Waals surface area contributed by atoms with Crippen LogP contribution in [0.3, 0.4) is 0 Å². The lowest BCUT2D eigenvalue weighted by atomic mass is 10.1. The molecule has 0 fully saturated rings. The van der Waals surface area contributed by atoms with Crippen LogP contribution in [-0.4, -0.2) is 10.9 Å². The fourth-order valence-electron chi connectivity index (χ4n) is 1.89. The summed E-state index contributed by atoms with van der Waals surface area (Å²) in [6.07, 6.45) is 0. The summed E-state index contributed by atoms with van der Waals surface area (Å²) in [6.45, 7) is 5.66. The molecule has 0 atom stereocenters. The third-order valence-electron chi connectivity index (χ3n) is 3.04. The minimum atomic E-state index is -0.213. The fraction of sp³-hybridized carbons (Fsp3) is 0.200. The van der Waals surface area contributed by atoms with Crippen molar-refractivity contribution >= 4 is 17.3 Å². The summed E-state index contributed by atoms with van der Waals surface area (Å²) < 4.78 is 0. The van der Waals surface area contributed by atoms with E-state index in [-0.39, 0.29) is 5.91 Å². The molecule has 1 heterocycles. The topological polar surface area (TPSA) is 68.0 Å². The highest BCUT2D eigenvalue weighted by Gasteiger charge is 2.12. The Hall–Kier alpha value is -2.36. The molecule has 98 valence electrons. The number of carbonyl (C=O) groups excluding carboxylic acids is 1. The Morgan fingerprint density at radius 3 is 2.58 bits per heavy atom. The zero-order valence-electron chi connectivity index (χ0n) is 11.3. The molecule has 0 aliphatic carbocycles. The number of nitrogens with two attached hydrogens (primary N) is 1. The Bertz CT molecular complexity index is 635. The van der Waals surface area contributed by atoms with Gasteiger partial charge in [0.25, 0.3) is 5.91 Å². The molecule has 3 N–H and O–H groups in total. The van der Waals surface area contributed by atoms with Gasteiger partial charge in [0.05, 0.1) is 16.9 Å². The molecular formula is C15H17N3O. The average Bonchev–Trinajstić information content (AvgIpc) is 2.36. The maximum Gasteiger partial charge on any atom is 0.257 e. The number of hydrogen-bond acceptors (Lipinski definition) is 3. The van der Waals surface area contributed by atoms with Crippen molar-refractivity contribution in [1.29, 1.82) is 0 Å². The lowest BCUT2D eigenvalue weighted by molar-refractivity contribution is 0.102. The van der Waals surface area contributed by atoms with Gasteiger partial charge in [-0.05, 0) is 44.5 Å². The number of nitrogens with zero attached hydrogens (tertiary/aromatic N) is 1. The van der Waals surface area contributed by atoms with Crippen LogP contribution < -0.4 is 11.1 Å². The molecule has 0 aliphatic heterocycles. The van der Waals surface area contributed by atoms with E-state index in [1.54, 1.807) is 6.07 Å². The highest BCUT2D eigenvalue weighted by atomic mass is 16.1. The van der Waals surface area contributed by atoms with Crippen molar-refractivity contribution in [2.45, 2.75) is 20.8 Å². The van der Waals surface area contributed by atoms with Gasteiger partial charge in [-0.25, -0.2) is 0 Å². The normalized spacial score (nSPS) is 10.3. The largest absolute Gasteiger partial charge is 0.398 e. The van der Waals surface area contributed by atoms with E-state index in [0.717, 1.165) is 17.0 Å². The summed E-state index contributed by atoms with van der Waals surface area (Å²) in [5.74, 6) is -0.213. The SMILES string of the molecule is Cc1ccc(NC(=O)c2cccc(C)c2N)c(C)n1. The molecule has 19 heavy (non-hydrogen) atoms. The Kier molecular flexibility index (Phi) is 3.51. The van der Waals surface area contributed by atoms with Gasteiger partial charge in [0.2, 0.25) is 0 Å². The molecule has 4 heteroatoms. The van der Waals surface area contributed by atoms with Crippen LogP contribution in [0.25, 0.3) is 0 Å². The van der Waals surface area contributed by atoms with Crippen LogP contribution in [0.15, 0.2) is 30.3 Å². The minimum absolute atomic E-state index is 0.213. The zero-order valence-corrected chi connectivity index (χ0v) is 11.3. The molecule has 0 bridgehead atoms. The van der Waals surface area contributed by atoms with Crippen LogP contribution in [0, 0.1) is 20.8 Å². The van der Waals surface area contributed by atoms with Gasteiger partial charge in [0.15, 0.2) is 0 Å². The standard InChI is InChI=1S/C15H17N3O/c1-9-5-4-6-12(14(9)16)15(19)18-13-8-7-10(2)17-11(13)3/h4-8H,16H2,1-3H3,(H,18,19). The zero-order chi connectivity index (χ0) is 14.0. The average molecular weight is 255 g/mol. The summed E-state index contributed by atoms with van der Waals surface area (Å²) in [5, 5.41) is 2.84. The van der Waals surface area contributed by atoms with Gasteiger partial charge < -0.3 is 11.1 Å². The first-order valence-corrected chi connectivity index (χ1v) is 6.09. The summed E-state index contributed by atoms with van der Waals surface area (Å²) in [4.78, 5) is 16.5. The summed E-state index contributed by atoms with van der Waals surface area (Å²) in [7, 11) is 0. The van der Waals surface area contributed by atoms with Gasteiger partial charge in [-0.15, -0.1) is 0 Å². The molecule has 0 radical (unpaired) electrons. The van der Waals surface area contributed by atoms with E-state index >= 15 is 0 Å². The molecule has 4 nitrogen and oxygen atoms in total. The van der Waals surface area contributed by atoms with Crippen molar-refractivity contribution in [2.24, 2.45) is 0 Å². The maximum absolute atomic E-state index is 12.2. The van der Waals surface area contributed by atoms with E-state index in [9.17, 15) is 4.79 Å². The number of nitrogens with one attached hydrogen (secondary N) is 1. The minimum Gasteiger partial charge on any atom is -0.398 e. The number of nitrogen functional groups attached to an aromatic ring is 1. The molecule has 1 aromatic carbocycles. The molecule has 1 amide bonds. The van der Waals surface area contributed by atoms with Gasteiger partial charge >= 0.3 is 0 Å². The number of hydrogen-bond donors (Lipinski definition) is 2. The van der Waals surface area contributed by atoms with E-state index in [1.165, 1.54) is 0 Å². The number of benzene rings is 1. The summed E-state index contributed by atoms with van der Waals surface area (Å²) in [5.41, 5.74) is 10.2.